The molecule has 0 aliphatic rings. The number of hydrogen-bond donors (Lipinski definition) is 1. The molecule has 3 aromatic rings. The standard InChI is InChI=1S/C23H17N3O2/c1-16(23(27)26-21-10-4-18(15-25)5-11-21)28-22-12-8-20(9-13-22)19-6-2-17(14-24)3-7-19/h2-13,16H,1H3,(H,26,27)/t16-/m0/s1. The van der Waals surface area contributed by atoms with Crippen LogP contribution < -0.4 is 10.1 Å². The lowest BCUT2D eigenvalue weighted by Crippen LogP contribution is -2.30. The van der Waals surface area contributed by atoms with Gasteiger partial charge in [0.25, 0.3) is 5.91 Å². The Labute approximate surface area is 163 Å². The van der Waals surface area contributed by atoms with Gasteiger partial charge in [-0.25, -0.2) is 0 Å². The van der Waals surface area contributed by atoms with Gasteiger partial charge < -0.3 is 10.1 Å². The average molecular weight is 367 g/mol. The Balaban J connectivity index is 1.61. The summed E-state index contributed by atoms with van der Waals surface area (Å²) >= 11 is 0. The lowest BCUT2D eigenvalue weighted by atomic mass is 10.0. The summed E-state index contributed by atoms with van der Waals surface area (Å²) < 4.78 is 5.71. The van der Waals surface area contributed by atoms with E-state index in [1.165, 1.54) is 0 Å². The molecule has 5 nitrogen and oxygen atoms in total. The Bertz CT molecular complexity index is 1040. The van der Waals surface area contributed by atoms with Gasteiger partial charge >= 0.3 is 0 Å². The van der Waals surface area contributed by atoms with E-state index < -0.39 is 6.10 Å². The van der Waals surface area contributed by atoms with Crippen molar-refractivity contribution < 1.29 is 9.53 Å². The molecule has 0 saturated heterocycles. The number of rotatable bonds is 5. The number of anilines is 1. The van der Waals surface area contributed by atoms with Gasteiger partial charge in [-0.1, -0.05) is 24.3 Å². The van der Waals surface area contributed by atoms with Crippen molar-refractivity contribution in [3.8, 4) is 29.0 Å². The molecule has 0 radical (unpaired) electrons. The molecule has 0 spiro atoms. The zero-order valence-corrected chi connectivity index (χ0v) is 15.2. The van der Waals surface area contributed by atoms with Crippen LogP contribution in [0.4, 0.5) is 5.69 Å². The number of hydrogen-bond acceptors (Lipinski definition) is 4. The van der Waals surface area contributed by atoms with Crippen molar-refractivity contribution in [3.63, 3.8) is 0 Å². The van der Waals surface area contributed by atoms with Gasteiger partial charge in [0, 0.05) is 5.69 Å². The van der Waals surface area contributed by atoms with Gasteiger partial charge in [-0.05, 0) is 66.6 Å². The molecule has 1 N–H and O–H groups in total. The molecule has 0 aliphatic heterocycles. The van der Waals surface area contributed by atoms with Crippen molar-refractivity contribution in [2.45, 2.75) is 13.0 Å². The first-order chi connectivity index (χ1) is 13.6. The minimum Gasteiger partial charge on any atom is -0.481 e. The summed E-state index contributed by atoms with van der Waals surface area (Å²) in [4.78, 5) is 12.3. The molecule has 1 amide bonds. The molecule has 3 aromatic carbocycles. The second-order valence-corrected chi connectivity index (χ2v) is 6.15. The molecule has 3 rings (SSSR count). The van der Waals surface area contributed by atoms with E-state index in [9.17, 15) is 4.79 Å². The van der Waals surface area contributed by atoms with Gasteiger partial charge in [0.05, 0.1) is 23.3 Å². The van der Waals surface area contributed by atoms with Crippen LogP contribution in [0.25, 0.3) is 11.1 Å². The van der Waals surface area contributed by atoms with Gasteiger partial charge in [-0.2, -0.15) is 10.5 Å². The van der Waals surface area contributed by atoms with E-state index in [4.69, 9.17) is 15.3 Å². The molecular weight excluding hydrogens is 350 g/mol. The topological polar surface area (TPSA) is 85.9 Å². The third kappa shape index (κ3) is 4.55. The largest absolute Gasteiger partial charge is 0.481 e. The third-order valence-electron chi connectivity index (χ3n) is 4.17. The van der Waals surface area contributed by atoms with Crippen LogP contribution >= 0.6 is 0 Å². The quantitative estimate of drug-likeness (QED) is 0.719. The fourth-order valence-electron chi connectivity index (χ4n) is 2.59. The number of carbonyl (C=O) groups is 1. The van der Waals surface area contributed by atoms with E-state index in [0.717, 1.165) is 11.1 Å². The molecule has 0 aromatic heterocycles. The first-order valence-corrected chi connectivity index (χ1v) is 8.67. The molecule has 0 unspecified atom stereocenters. The van der Waals surface area contributed by atoms with Gasteiger partial charge in [-0.3, -0.25) is 4.79 Å². The number of nitrogens with zero attached hydrogens (tertiary/aromatic N) is 2. The maximum absolute atomic E-state index is 12.3. The van der Waals surface area contributed by atoms with Gasteiger partial charge in [-0.15, -0.1) is 0 Å². The van der Waals surface area contributed by atoms with Crippen molar-refractivity contribution in [2.75, 3.05) is 5.32 Å². The molecule has 1 atom stereocenters. The smallest absolute Gasteiger partial charge is 0.265 e. The molecule has 136 valence electrons. The highest BCUT2D eigenvalue weighted by molar-refractivity contribution is 5.94. The second-order valence-electron chi connectivity index (χ2n) is 6.15. The highest BCUT2D eigenvalue weighted by atomic mass is 16.5. The average Bonchev–Trinajstić information content (AvgIpc) is 2.75. The maximum atomic E-state index is 12.3. The SMILES string of the molecule is C[C@H](Oc1ccc(-c2ccc(C#N)cc2)cc1)C(=O)Nc1ccc(C#N)cc1. The minimum atomic E-state index is -0.684. The first kappa shape index (κ1) is 18.7. The van der Waals surface area contributed by atoms with E-state index in [1.807, 2.05) is 30.3 Å². The molecular formula is C23H17N3O2. The number of carbonyl (C=O) groups excluding carboxylic acids is 1. The number of nitrogens with one attached hydrogen (secondary N) is 1. The van der Waals surface area contributed by atoms with Crippen LogP contribution in [0.5, 0.6) is 5.75 Å². The third-order valence-corrected chi connectivity index (χ3v) is 4.17. The Morgan fingerprint density at radius 1 is 0.821 bits per heavy atom. The maximum Gasteiger partial charge on any atom is 0.265 e. The zero-order valence-electron chi connectivity index (χ0n) is 15.2. The van der Waals surface area contributed by atoms with Crippen LogP contribution in [0.15, 0.2) is 72.8 Å². The predicted molar refractivity (Wildman–Crippen MR) is 106 cm³/mol. The normalized spacial score (nSPS) is 11.0. The Morgan fingerprint density at radius 2 is 1.29 bits per heavy atom. The highest BCUT2D eigenvalue weighted by Crippen LogP contribution is 2.23. The number of ether oxygens (including phenoxy) is 1. The summed E-state index contributed by atoms with van der Waals surface area (Å²) in [5, 5.41) is 20.4. The van der Waals surface area contributed by atoms with E-state index >= 15 is 0 Å². The summed E-state index contributed by atoms with van der Waals surface area (Å²) in [5.74, 6) is 0.306. The molecule has 0 fully saturated rings. The van der Waals surface area contributed by atoms with Crippen molar-refractivity contribution in [1.82, 2.24) is 0 Å². The van der Waals surface area contributed by atoms with Crippen molar-refractivity contribution in [3.05, 3.63) is 83.9 Å². The number of benzene rings is 3. The summed E-state index contributed by atoms with van der Waals surface area (Å²) in [6.07, 6.45) is -0.684. The summed E-state index contributed by atoms with van der Waals surface area (Å²) in [6.45, 7) is 1.67. The second kappa shape index (κ2) is 8.53. The summed E-state index contributed by atoms with van der Waals surface area (Å²) in [5.41, 5.74) is 3.75. The van der Waals surface area contributed by atoms with Gasteiger partial charge in [0.15, 0.2) is 6.10 Å². The minimum absolute atomic E-state index is 0.277. The lowest BCUT2D eigenvalue weighted by molar-refractivity contribution is -0.122. The highest BCUT2D eigenvalue weighted by Gasteiger charge is 2.15. The van der Waals surface area contributed by atoms with Crippen LogP contribution in [0.2, 0.25) is 0 Å². The van der Waals surface area contributed by atoms with Crippen molar-refractivity contribution in [2.24, 2.45) is 0 Å². The monoisotopic (exact) mass is 367 g/mol. The fourth-order valence-corrected chi connectivity index (χ4v) is 2.59. The van der Waals surface area contributed by atoms with E-state index in [1.54, 1.807) is 55.5 Å². The van der Waals surface area contributed by atoms with Gasteiger partial charge in [0.2, 0.25) is 0 Å². The first-order valence-electron chi connectivity index (χ1n) is 8.67. The molecule has 0 saturated carbocycles. The van der Waals surface area contributed by atoms with E-state index in [0.29, 0.717) is 22.6 Å². The molecule has 28 heavy (non-hydrogen) atoms. The van der Waals surface area contributed by atoms with Crippen LogP contribution in [0, 0.1) is 22.7 Å². The fraction of sp³-hybridized carbons (Fsp3) is 0.0870. The summed E-state index contributed by atoms with van der Waals surface area (Å²) in [7, 11) is 0. The number of amides is 1. The predicted octanol–water partition coefficient (Wildman–Crippen LogP) is 4.50. The Kier molecular flexibility index (Phi) is 5.69. The Morgan fingerprint density at radius 3 is 1.79 bits per heavy atom. The van der Waals surface area contributed by atoms with Crippen LogP contribution in [0.1, 0.15) is 18.1 Å². The van der Waals surface area contributed by atoms with E-state index in [2.05, 4.69) is 11.4 Å². The van der Waals surface area contributed by atoms with Crippen molar-refractivity contribution >= 4 is 11.6 Å². The Hall–Kier alpha value is -4.09. The van der Waals surface area contributed by atoms with Gasteiger partial charge in [0.1, 0.15) is 5.75 Å². The lowest BCUT2D eigenvalue weighted by Gasteiger charge is -2.15. The molecule has 0 bridgehead atoms. The number of nitriles is 2. The van der Waals surface area contributed by atoms with Crippen LogP contribution in [-0.2, 0) is 4.79 Å². The van der Waals surface area contributed by atoms with Crippen LogP contribution in [-0.4, -0.2) is 12.0 Å². The van der Waals surface area contributed by atoms with Crippen LogP contribution in [0.3, 0.4) is 0 Å². The molecule has 0 heterocycles. The summed E-state index contributed by atoms with van der Waals surface area (Å²) in [6, 6.07) is 25.5. The van der Waals surface area contributed by atoms with Crippen molar-refractivity contribution in [1.29, 1.82) is 10.5 Å². The molecule has 5 heteroatoms. The van der Waals surface area contributed by atoms with E-state index in [-0.39, 0.29) is 5.91 Å². The zero-order chi connectivity index (χ0) is 19.9. The molecule has 0 aliphatic carbocycles.